The Morgan fingerprint density at radius 3 is 1.91 bits per heavy atom. The number of hydrogen-bond donors (Lipinski definition) is 1. The Bertz CT molecular complexity index is 696. The molecule has 22 heavy (non-hydrogen) atoms. The normalized spacial score (nSPS) is 10.2. The monoisotopic (exact) mass is 301 g/mol. The van der Waals surface area contributed by atoms with Crippen molar-refractivity contribution in [3.8, 4) is 28.4 Å². The fourth-order valence-corrected chi connectivity index (χ4v) is 2.61. The standard InChI is InChI=1S/C17H19NO4/c1-10-14(20-2)12(11-8-6-5-7-9-11)16(22-4)13(17(18)19)15(10)21-3/h5-9H,1-4H3,(H2,18,19). The Hall–Kier alpha value is -2.69. The van der Waals surface area contributed by atoms with Crippen molar-refractivity contribution in [2.75, 3.05) is 21.3 Å². The van der Waals surface area contributed by atoms with E-state index in [1.165, 1.54) is 14.2 Å². The molecule has 2 N–H and O–H groups in total. The molecule has 1 amide bonds. The maximum absolute atomic E-state index is 11.9. The van der Waals surface area contributed by atoms with Crippen LogP contribution in [-0.2, 0) is 0 Å². The Labute approximate surface area is 129 Å². The van der Waals surface area contributed by atoms with E-state index in [4.69, 9.17) is 19.9 Å². The molecule has 0 bridgehead atoms. The number of benzene rings is 2. The van der Waals surface area contributed by atoms with E-state index >= 15 is 0 Å². The van der Waals surface area contributed by atoms with Crippen molar-refractivity contribution in [2.45, 2.75) is 6.92 Å². The second-order valence-corrected chi connectivity index (χ2v) is 4.71. The number of ether oxygens (including phenoxy) is 3. The van der Waals surface area contributed by atoms with Crippen LogP contribution in [-0.4, -0.2) is 27.2 Å². The van der Waals surface area contributed by atoms with E-state index in [1.807, 2.05) is 37.3 Å². The molecule has 0 aliphatic heterocycles. The highest BCUT2D eigenvalue weighted by atomic mass is 16.5. The minimum Gasteiger partial charge on any atom is -0.496 e. The summed E-state index contributed by atoms with van der Waals surface area (Å²) in [4.78, 5) is 11.9. The van der Waals surface area contributed by atoms with Gasteiger partial charge in [0.05, 0.1) is 26.9 Å². The summed E-state index contributed by atoms with van der Waals surface area (Å²) < 4.78 is 16.4. The highest BCUT2D eigenvalue weighted by molar-refractivity contribution is 6.03. The van der Waals surface area contributed by atoms with E-state index in [9.17, 15) is 4.79 Å². The summed E-state index contributed by atoms with van der Waals surface area (Å²) in [7, 11) is 4.54. The van der Waals surface area contributed by atoms with Crippen molar-refractivity contribution >= 4 is 5.91 Å². The zero-order valence-electron chi connectivity index (χ0n) is 13.1. The summed E-state index contributed by atoms with van der Waals surface area (Å²) in [5.41, 5.74) is 7.98. The first-order valence-electron chi connectivity index (χ1n) is 6.74. The molecule has 5 nitrogen and oxygen atoms in total. The Morgan fingerprint density at radius 2 is 1.45 bits per heavy atom. The first-order chi connectivity index (χ1) is 10.6. The average molecular weight is 301 g/mol. The summed E-state index contributed by atoms with van der Waals surface area (Å²) in [6.07, 6.45) is 0. The van der Waals surface area contributed by atoms with Crippen molar-refractivity contribution in [1.29, 1.82) is 0 Å². The lowest BCUT2D eigenvalue weighted by Gasteiger charge is -2.21. The summed E-state index contributed by atoms with van der Waals surface area (Å²) in [6.45, 7) is 1.82. The largest absolute Gasteiger partial charge is 0.496 e. The quantitative estimate of drug-likeness (QED) is 0.922. The van der Waals surface area contributed by atoms with Gasteiger partial charge >= 0.3 is 0 Å². The van der Waals surface area contributed by atoms with E-state index in [0.717, 1.165) is 5.56 Å². The molecule has 0 aliphatic rings. The van der Waals surface area contributed by atoms with E-state index in [1.54, 1.807) is 7.11 Å². The minimum absolute atomic E-state index is 0.210. The number of carbonyl (C=O) groups excluding carboxylic acids is 1. The van der Waals surface area contributed by atoms with Gasteiger partial charge in [-0.3, -0.25) is 4.79 Å². The molecule has 0 aromatic heterocycles. The number of methoxy groups -OCH3 is 3. The Kier molecular flexibility index (Phi) is 4.56. The zero-order chi connectivity index (χ0) is 16.3. The van der Waals surface area contributed by atoms with Crippen molar-refractivity contribution in [3.63, 3.8) is 0 Å². The topological polar surface area (TPSA) is 70.8 Å². The molecule has 0 saturated carbocycles. The van der Waals surface area contributed by atoms with Crippen LogP contribution in [0, 0.1) is 6.92 Å². The first kappa shape index (κ1) is 15.7. The molecule has 0 unspecified atom stereocenters. The first-order valence-corrected chi connectivity index (χ1v) is 6.74. The summed E-state index contributed by atoms with van der Waals surface area (Å²) >= 11 is 0. The van der Waals surface area contributed by atoms with Gasteiger partial charge in [0.2, 0.25) is 0 Å². The van der Waals surface area contributed by atoms with Crippen molar-refractivity contribution in [3.05, 3.63) is 41.5 Å². The molecule has 0 atom stereocenters. The Balaban J connectivity index is 2.95. The molecular formula is C17H19NO4. The number of amides is 1. The summed E-state index contributed by atoms with van der Waals surface area (Å²) in [6, 6.07) is 9.54. The molecule has 2 aromatic carbocycles. The lowest BCUT2D eigenvalue weighted by Crippen LogP contribution is -2.16. The van der Waals surface area contributed by atoms with Crippen LogP contribution in [0.15, 0.2) is 30.3 Å². The molecule has 5 heteroatoms. The van der Waals surface area contributed by atoms with Gasteiger partial charge in [0.15, 0.2) is 0 Å². The highest BCUT2D eigenvalue weighted by Gasteiger charge is 2.27. The molecule has 0 aliphatic carbocycles. The van der Waals surface area contributed by atoms with E-state index in [-0.39, 0.29) is 5.56 Å². The molecule has 0 radical (unpaired) electrons. The summed E-state index contributed by atoms with van der Waals surface area (Å²) in [5, 5.41) is 0. The molecule has 0 heterocycles. The van der Waals surface area contributed by atoms with Crippen LogP contribution in [0.4, 0.5) is 0 Å². The molecule has 0 spiro atoms. The smallest absolute Gasteiger partial charge is 0.256 e. The molecule has 0 saturated heterocycles. The van der Waals surface area contributed by atoms with Crippen LogP contribution < -0.4 is 19.9 Å². The van der Waals surface area contributed by atoms with Crippen LogP contribution >= 0.6 is 0 Å². The molecular weight excluding hydrogens is 282 g/mol. The molecule has 0 fully saturated rings. The van der Waals surface area contributed by atoms with Gasteiger partial charge in [-0.05, 0) is 12.5 Å². The predicted octanol–water partition coefficient (Wildman–Crippen LogP) is 2.79. The van der Waals surface area contributed by atoms with Gasteiger partial charge in [-0.15, -0.1) is 0 Å². The lowest BCUT2D eigenvalue weighted by molar-refractivity contribution is 0.0994. The van der Waals surface area contributed by atoms with Crippen molar-refractivity contribution in [1.82, 2.24) is 0 Å². The van der Waals surface area contributed by atoms with Crippen LogP contribution in [0.5, 0.6) is 17.2 Å². The maximum Gasteiger partial charge on any atom is 0.256 e. The SMILES string of the molecule is COc1c(C)c(OC)c(-c2ccccc2)c(OC)c1C(N)=O. The van der Waals surface area contributed by atoms with Crippen molar-refractivity contribution in [2.24, 2.45) is 5.73 Å². The van der Waals surface area contributed by atoms with Gasteiger partial charge in [-0.1, -0.05) is 30.3 Å². The number of rotatable bonds is 5. The highest BCUT2D eigenvalue weighted by Crippen LogP contribution is 2.48. The minimum atomic E-state index is -0.614. The number of carbonyl (C=O) groups is 1. The van der Waals surface area contributed by atoms with Gasteiger partial charge in [-0.25, -0.2) is 0 Å². The van der Waals surface area contributed by atoms with Crippen LogP contribution in [0.1, 0.15) is 15.9 Å². The number of primary amides is 1. The van der Waals surface area contributed by atoms with Gasteiger partial charge in [-0.2, -0.15) is 0 Å². The predicted molar refractivity (Wildman–Crippen MR) is 84.8 cm³/mol. The number of hydrogen-bond acceptors (Lipinski definition) is 4. The van der Waals surface area contributed by atoms with E-state index in [2.05, 4.69) is 0 Å². The van der Waals surface area contributed by atoms with Gasteiger partial charge in [0.1, 0.15) is 22.8 Å². The van der Waals surface area contributed by atoms with Gasteiger partial charge < -0.3 is 19.9 Å². The number of nitrogens with two attached hydrogens (primary N) is 1. The average Bonchev–Trinajstić information content (AvgIpc) is 2.54. The Morgan fingerprint density at radius 1 is 0.909 bits per heavy atom. The van der Waals surface area contributed by atoms with Gasteiger partial charge in [0.25, 0.3) is 5.91 Å². The van der Waals surface area contributed by atoms with Crippen LogP contribution in [0.25, 0.3) is 11.1 Å². The fourth-order valence-electron chi connectivity index (χ4n) is 2.61. The van der Waals surface area contributed by atoms with Crippen LogP contribution in [0.3, 0.4) is 0 Å². The molecule has 2 rings (SSSR count). The third-order valence-corrected chi connectivity index (χ3v) is 3.51. The third-order valence-electron chi connectivity index (χ3n) is 3.51. The van der Waals surface area contributed by atoms with E-state index < -0.39 is 5.91 Å². The molecule has 116 valence electrons. The second kappa shape index (κ2) is 6.39. The van der Waals surface area contributed by atoms with E-state index in [0.29, 0.717) is 28.4 Å². The lowest BCUT2D eigenvalue weighted by atomic mass is 9.95. The van der Waals surface area contributed by atoms with Crippen LogP contribution in [0.2, 0.25) is 0 Å². The zero-order valence-corrected chi connectivity index (χ0v) is 13.1. The third kappa shape index (κ3) is 2.45. The fraction of sp³-hybridized carbons (Fsp3) is 0.235. The summed E-state index contributed by atoms with van der Waals surface area (Å²) in [5.74, 6) is 0.681. The molecule has 2 aromatic rings. The van der Waals surface area contributed by atoms with Crippen molar-refractivity contribution < 1.29 is 19.0 Å². The second-order valence-electron chi connectivity index (χ2n) is 4.71. The maximum atomic E-state index is 11.9. The van der Waals surface area contributed by atoms with Gasteiger partial charge in [0, 0.05) is 5.56 Å².